The van der Waals surface area contributed by atoms with Gasteiger partial charge >= 0.3 is 0 Å². The monoisotopic (exact) mass is 347 g/mol. The van der Waals surface area contributed by atoms with Crippen molar-refractivity contribution in [1.82, 2.24) is 5.32 Å². The van der Waals surface area contributed by atoms with Crippen LogP contribution in [0.3, 0.4) is 0 Å². The van der Waals surface area contributed by atoms with Gasteiger partial charge in [-0.05, 0) is 42.7 Å². The summed E-state index contributed by atoms with van der Waals surface area (Å²) < 4.78 is 1.14. The molecule has 104 valence electrons. The zero-order valence-electron chi connectivity index (χ0n) is 11.5. The maximum absolute atomic E-state index is 3.66. The molecule has 0 aromatic heterocycles. The summed E-state index contributed by atoms with van der Waals surface area (Å²) in [7, 11) is 0. The first-order valence-electron chi connectivity index (χ1n) is 6.96. The Labute approximate surface area is 133 Å². The summed E-state index contributed by atoms with van der Waals surface area (Å²) in [6, 6.07) is 17.7. The van der Waals surface area contributed by atoms with Gasteiger partial charge in [-0.25, -0.2) is 0 Å². The van der Waals surface area contributed by atoms with Crippen LogP contribution in [0.5, 0.6) is 0 Å². The van der Waals surface area contributed by atoms with Gasteiger partial charge in [0.1, 0.15) is 0 Å². The van der Waals surface area contributed by atoms with Crippen LogP contribution >= 0.6 is 27.7 Å². The molecule has 0 radical (unpaired) electrons. The fourth-order valence-corrected chi connectivity index (χ4v) is 4.25. The lowest BCUT2D eigenvalue weighted by Crippen LogP contribution is -2.27. The Hall–Kier alpha value is -0.770. The molecular formula is C17H18BrNS. The van der Waals surface area contributed by atoms with Crippen LogP contribution in [0.1, 0.15) is 24.1 Å². The van der Waals surface area contributed by atoms with Crippen LogP contribution in [0, 0.1) is 0 Å². The summed E-state index contributed by atoms with van der Waals surface area (Å²) >= 11 is 5.54. The average molecular weight is 348 g/mol. The van der Waals surface area contributed by atoms with Crippen molar-refractivity contribution < 1.29 is 0 Å². The SMILES string of the molecule is CC(NCC1Cc2ccccc2S1)c1cccc(Br)c1. The van der Waals surface area contributed by atoms with Crippen LogP contribution in [0.25, 0.3) is 0 Å². The van der Waals surface area contributed by atoms with E-state index in [-0.39, 0.29) is 0 Å². The number of benzene rings is 2. The molecule has 0 fully saturated rings. The van der Waals surface area contributed by atoms with Crippen LogP contribution in [-0.2, 0) is 6.42 Å². The van der Waals surface area contributed by atoms with Gasteiger partial charge < -0.3 is 5.32 Å². The highest BCUT2D eigenvalue weighted by Gasteiger charge is 2.21. The maximum Gasteiger partial charge on any atom is 0.0292 e. The minimum Gasteiger partial charge on any atom is -0.309 e. The summed E-state index contributed by atoms with van der Waals surface area (Å²) in [5.74, 6) is 0. The van der Waals surface area contributed by atoms with Crippen molar-refractivity contribution in [3.63, 3.8) is 0 Å². The Morgan fingerprint density at radius 2 is 2.10 bits per heavy atom. The van der Waals surface area contributed by atoms with Gasteiger partial charge in [0.05, 0.1) is 0 Å². The van der Waals surface area contributed by atoms with Crippen LogP contribution < -0.4 is 5.32 Å². The van der Waals surface area contributed by atoms with E-state index in [0.29, 0.717) is 11.3 Å². The van der Waals surface area contributed by atoms with E-state index in [1.807, 2.05) is 11.8 Å². The quantitative estimate of drug-likeness (QED) is 0.850. The normalized spacial score (nSPS) is 18.8. The molecule has 2 aromatic rings. The highest BCUT2D eigenvalue weighted by molar-refractivity contribution is 9.10. The number of hydrogen-bond acceptors (Lipinski definition) is 2. The summed E-state index contributed by atoms with van der Waals surface area (Å²) in [4.78, 5) is 1.45. The molecule has 3 rings (SSSR count). The maximum atomic E-state index is 3.66. The van der Waals surface area contributed by atoms with Crippen molar-refractivity contribution in [3.8, 4) is 0 Å². The van der Waals surface area contributed by atoms with Crippen molar-refractivity contribution in [2.45, 2.75) is 29.5 Å². The summed E-state index contributed by atoms with van der Waals surface area (Å²) in [5.41, 5.74) is 2.83. The van der Waals surface area contributed by atoms with E-state index in [9.17, 15) is 0 Å². The third kappa shape index (κ3) is 3.27. The first kappa shape index (κ1) is 14.2. The molecule has 2 atom stereocenters. The third-order valence-corrected chi connectivity index (χ3v) is 5.53. The van der Waals surface area contributed by atoms with Gasteiger partial charge in [-0.1, -0.05) is 46.3 Å². The van der Waals surface area contributed by atoms with E-state index in [4.69, 9.17) is 0 Å². The number of thioether (sulfide) groups is 1. The Bertz CT molecular complexity index is 574. The highest BCUT2D eigenvalue weighted by Crippen LogP contribution is 2.36. The fraction of sp³-hybridized carbons (Fsp3) is 0.294. The fourth-order valence-electron chi connectivity index (χ4n) is 2.57. The molecule has 0 amide bonds. The molecule has 1 heterocycles. The van der Waals surface area contributed by atoms with E-state index in [1.165, 1.54) is 22.4 Å². The van der Waals surface area contributed by atoms with Gasteiger partial charge in [-0.15, -0.1) is 11.8 Å². The third-order valence-electron chi connectivity index (χ3n) is 3.71. The average Bonchev–Trinajstić information content (AvgIpc) is 2.87. The van der Waals surface area contributed by atoms with Crippen molar-refractivity contribution in [3.05, 3.63) is 64.1 Å². The second-order valence-electron chi connectivity index (χ2n) is 5.24. The van der Waals surface area contributed by atoms with E-state index < -0.39 is 0 Å². The molecule has 0 aliphatic carbocycles. The van der Waals surface area contributed by atoms with Crippen molar-refractivity contribution >= 4 is 27.7 Å². The van der Waals surface area contributed by atoms with Crippen LogP contribution in [0.15, 0.2) is 57.9 Å². The lowest BCUT2D eigenvalue weighted by Gasteiger charge is -2.17. The van der Waals surface area contributed by atoms with Gasteiger partial charge in [0.25, 0.3) is 0 Å². The first-order chi connectivity index (χ1) is 9.72. The Morgan fingerprint density at radius 3 is 2.90 bits per heavy atom. The predicted octanol–water partition coefficient (Wildman–Crippen LogP) is 4.82. The molecular weight excluding hydrogens is 330 g/mol. The second kappa shape index (κ2) is 6.33. The number of halogens is 1. The summed E-state index contributed by atoms with van der Waals surface area (Å²) in [5, 5.41) is 4.32. The van der Waals surface area contributed by atoms with E-state index in [1.54, 1.807) is 0 Å². The molecule has 3 heteroatoms. The molecule has 2 aromatic carbocycles. The Morgan fingerprint density at radius 1 is 1.25 bits per heavy atom. The molecule has 20 heavy (non-hydrogen) atoms. The Kier molecular flexibility index (Phi) is 4.49. The Balaban J connectivity index is 1.56. The lowest BCUT2D eigenvalue weighted by molar-refractivity contribution is 0.567. The summed E-state index contributed by atoms with van der Waals surface area (Å²) in [6.07, 6.45) is 1.18. The highest BCUT2D eigenvalue weighted by atomic mass is 79.9. The molecule has 1 aliphatic heterocycles. The molecule has 1 N–H and O–H groups in total. The van der Waals surface area contributed by atoms with Crippen molar-refractivity contribution in [2.75, 3.05) is 6.54 Å². The lowest BCUT2D eigenvalue weighted by atomic mass is 10.1. The smallest absolute Gasteiger partial charge is 0.0292 e. The number of nitrogens with one attached hydrogen (secondary N) is 1. The largest absolute Gasteiger partial charge is 0.309 e. The molecule has 0 bridgehead atoms. The molecule has 2 unspecified atom stereocenters. The summed E-state index contributed by atoms with van der Waals surface area (Å²) in [6.45, 7) is 3.28. The molecule has 1 aliphatic rings. The van der Waals surface area contributed by atoms with Crippen LogP contribution in [-0.4, -0.2) is 11.8 Å². The van der Waals surface area contributed by atoms with Gasteiger partial charge in [-0.2, -0.15) is 0 Å². The topological polar surface area (TPSA) is 12.0 Å². The van der Waals surface area contributed by atoms with Gasteiger partial charge in [-0.3, -0.25) is 0 Å². The predicted molar refractivity (Wildman–Crippen MR) is 90.4 cm³/mol. The van der Waals surface area contributed by atoms with Crippen molar-refractivity contribution in [2.24, 2.45) is 0 Å². The van der Waals surface area contributed by atoms with Crippen LogP contribution in [0.4, 0.5) is 0 Å². The van der Waals surface area contributed by atoms with Gasteiger partial charge in [0.2, 0.25) is 0 Å². The number of fused-ring (bicyclic) bond motifs is 1. The van der Waals surface area contributed by atoms with E-state index >= 15 is 0 Å². The zero-order chi connectivity index (χ0) is 13.9. The van der Waals surface area contributed by atoms with Crippen molar-refractivity contribution in [1.29, 1.82) is 0 Å². The van der Waals surface area contributed by atoms with Gasteiger partial charge in [0.15, 0.2) is 0 Å². The van der Waals surface area contributed by atoms with E-state index in [0.717, 1.165) is 11.0 Å². The first-order valence-corrected chi connectivity index (χ1v) is 8.63. The van der Waals surface area contributed by atoms with Crippen LogP contribution in [0.2, 0.25) is 0 Å². The minimum atomic E-state index is 0.386. The molecule has 0 saturated carbocycles. The number of hydrogen-bond donors (Lipinski definition) is 1. The standard InChI is InChI=1S/C17H18BrNS/c1-12(13-6-4-7-15(18)9-13)19-11-16-10-14-5-2-3-8-17(14)20-16/h2-9,12,16,19H,10-11H2,1H3. The molecule has 0 saturated heterocycles. The van der Waals surface area contributed by atoms with E-state index in [2.05, 4.69) is 76.7 Å². The zero-order valence-corrected chi connectivity index (χ0v) is 13.9. The minimum absolute atomic E-state index is 0.386. The molecule has 0 spiro atoms. The second-order valence-corrected chi connectivity index (χ2v) is 7.49. The molecule has 1 nitrogen and oxygen atoms in total. The van der Waals surface area contributed by atoms with Gasteiger partial charge in [0, 0.05) is 27.2 Å². The number of rotatable bonds is 4.